The quantitative estimate of drug-likeness (QED) is 0.198. The van der Waals surface area contributed by atoms with Crippen molar-refractivity contribution in [1.82, 2.24) is 20.1 Å². The van der Waals surface area contributed by atoms with Gasteiger partial charge in [-0.25, -0.2) is 10.1 Å². The predicted molar refractivity (Wildman–Crippen MR) is 154 cm³/mol. The third-order valence-corrected chi connectivity index (χ3v) is 6.69. The summed E-state index contributed by atoms with van der Waals surface area (Å²) in [4.78, 5) is 39.8. The summed E-state index contributed by atoms with van der Waals surface area (Å²) in [5.41, 5.74) is 5.78. The Balaban J connectivity index is 1.30. The average Bonchev–Trinajstić information content (AvgIpc) is 3.42. The normalized spacial score (nSPS) is 13.3. The number of ether oxygens (including phenoxy) is 1. The van der Waals surface area contributed by atoms with E-state index in [0.29, 0.717) is 43.1 Å². The number of nitrogens with one attached hydrogen (secondary N) is 2. The molecule has 202 valence electrons. The van der Waals surface area contributed by atoms with Crippen molar-refractivity contribution in [3.8, 4) is 16.9 Å². The van der Waals surface area contributed by atoms with E-state index in [9.17, 15) is 14.4 Å². The maximum atomic E-state index is 13.0. The molecule has 3 amide bonds. The van der Waals surface area contributed by atoms with E-state index in [1.54, 1.807) is 40.0 Å². The minimum absolute atomic E-state index is 0.241. The first-order valence-electron chi connectivity index (χ1n) is 12.5. The Labute approximate surface area is 238 Å². The lowest BCUT2D eigenvalue weighted by Gasteiger charge is -2.27. The first kappa shape index (κ1) is 27.0. The number of carbonyl (C=O) groups is 3. The lowest BCUT2D eigenvalue weighted by molar-refractivity contribution is -0.136. The second-order valence-corrected chi connectivity index (χ2v) is 9.74. The maximum Gasteiger partial charge on any atom is 0.329 e. The third kappa shape index (κ3) is 6.33. The molecule has 5 rings (SSSR count). The molecule has 0 radical (unpaired) electrons. The fraction of sp³-hybridized carbons (Fsp3) is 0.138. The van der Waals surface area contributed by atoms with Gasteiger partial charge in [-0.05, 0) is 36.4 Å². The van der Waals surface area contributed by atoms with E-state index in [-0.39, 0.29) is 11.6 Å². The zero-order valence-corrected chi connectivity index (χ0v) is 22.9. The second kappa shape index (κ2) is 12.5. The lowest BCUT2D eigenvalue weighted by Crippen LogP contribution is -2.41. The van der Waals surface area contributed by atoms with Crippen LogP contribution in [0, 0.1) is 0 Å². The summed E-state index contributed by atoms with van der Waals surface area (Å²) in [7, 11) is 0. The van der Waals surface area contributed by atoms with Crippen LogP contribution in [-0.2, 0) is 14.3 Å². The van der Waals surface area contributed by atoms with Gasteiger partial charge in [-0.2, -0.15) is 10.2 Å². The molecule has 4 aromatic rings. The van der Waals surface area contributed by atoms with E-state index in [1.165, 1.54) is 6.21 Å². The number of para-hydroxylation sites is 2. The summed E-state index contributed by atoms with van der Waals surface area (Å²) in [6.07, 6.45) is 3.22. The molecule has 0 bridgehead atoms. The Morgan fingerprint density at radius 2 is 1.60 bits per heavy atom. The summed E-state index contributed by atoms with van der Waals surface area (Å²) in [5, 5.41) is 11.2. The lowest BCUT2D eigenvalue weighted by atomic mass is 10.1. The summed E-state index contributed by atoms with van der Waals surface area (Å²) >= 11 is 3.44. The highest BCUT2D eigenvalue weighted by atomic mass is 79.9. The Kier molecular flexibility index (Phi) is 8.43. The molecular formula is C29H25BrN6O4. The van der Waals surface area contributed by atoms with Gasteiger partial charge in [-0.15, -0.1) is 0 Å². The van der Waals surface area contributed by atoms with Crippen LogP contribution in [0.1, 0.15) is 15.9 Å². The largest absolute Gasteiger partial charge is 0.378 e. The van der Waals surface area contributed by atoms with Crippen LogP contribution in [0.25, 0.3) is 16.9 Å². The molecule has 0 spiro atoms. The van der Waals surface area contributed by atoms with Crippen LogP contribution in [0.15, 0.2) is 94.6 Å². The first-order valence-corrected chi connectivity index (χ1v) is 13.3. The Morgan fingerprint density at radius 1 is 0.900 bits per heavy atom. The Hall–Kier alpha value is -4.61. The van der Waals surface area contributed by atoms with Gasteiger partial charge in [0.05, 0.1) is 36.4 Å². The summed E-state index contributed by atoms with van der Waals surface area (Å²) < 4.78 is 7.95. The van der Waals surface area contributed by atoms with E-state index in [1.807, 2.05) is 54.6 Å². The molecule has 1 aliphatic rings. The number of hydrazone groups is 1. The highest BCUT2D eigenvalue weighted by molar-refractivity contribution is 9.10. The number of carbonyl (C=O) groups excluding carboxylic acids is 3. The maximum absolute atomic E-state index is 13.0. The van der Waals surface area contributed by atoms with Crippen LogP contribution in [0.4, 0.5) is 5.69 Å². The van der Waals surface area contributed by atoms with Crippen molar-refractivity contribution in [3.63, 3.8) is 0 Å². The zero-order valence-electron chi connectivity index (χ0n) is 21.3. The number of amides is 3. The van der Waals surface area contributed by atoms with E-state index in [0.717, 1.165) is 15.7 Å². The van der Waals surface area contributed by atoms with Gasteiger partial charge >= 0.3 is 11.8 Å². The smallest absolute Gasteiger partial charge is 0.329 e. The van der Waals surface area contributed by atoms with Crippen molar-refractivity contribution in [2.75, 3.05) is 31.6 Å². The minimum atomic E-state index is -0.981. The summed E-state index contributed by atoms with van der Waals surface area (Å²) in [5.74, 6) is -2.17. The van der Waals surface area contributed by atoms with Crippen molar-refractivity contribution in [3.05, 3.63) is 101 Å². The van der Waals surface area contributed by atoms with Crippen LogP contribution >= 0.6 is 15.9 Å². The van der Waals surface area contributed by atoms with Crippen LogP contribution < -0.4 is 10.7 Å². The number of anilines is 1. The highest BCUT2D eigenvalue weighted by Crippen LogP contribution is 2.24. The van der Waals surface area contributed by atoms with E-state index in [4.69, 9.17) is 9.84 Å². The average molecular weight is 601 g/mol. The molecule has 0 aliphatic carbocycles. The Morgan fingerprint density at radius 3 is 2.35 bits per heavy atom. The fourth-order valence-corrected chi connectivity index (χ4v) is 4.40. The first-order chi connectivity index (χ1) is 19.5. The van der Waals surface area contributed by atoms with Gasteiger partial charge in [0.1, 0.15) is 5.69 Å². The molecule has 1 aromatic heterocycles. The van der Waals surface area contributed by atoms with Crippen LogP contribution in [0.2, 0.25) is 0 Å². The van der Waals surface area contributed by atoms with E-state index < -0.39 is 11.8 Å². The molecule has 2 N–H and O–H groups in total. The third-order valence-electron chi connectivity index (χ3n) is 6.16. The van der Waals surface area contributed by atoms with E-state index in [2.05, 4.69) is 31.8 Å². The van der Waals surface area contributed by atoms with Gasteiger partial charge in [0.25, 0.3) is 5.91 Å². The van der Waals surface area contributed by atoms with Gasteiger partial charge in [-0.1, -0.05) is 58.4 Å². The molecule has 1 aliphatic heterocycles. The van der Waals surface area contributed by atoms with Crippen LogP contribution in [-0.4, -0.2) is 64.9 Å². The SMILES string of the molecule is O=C(NN=Cc1cn(-c2ccccc2)nc1-c1ccc(Br)cc1)C(=O)Nc1ccccc1C(=O)N1CCOCC1. The molecule has 11 heteroatoms. The zero-order chi connectivity index (χ0) is 27.9. The van der Waals surface area contributed by atoms with Gasteiger partial charge in [0, 0.05) is 34.9 Å². The van der Waals surface area contributed by atoms with Crippen LogP contribution in [0.3, 0.4) is 0 Å². The number of morpholine rings is 1. The van der Waals surface area contributed by atoms with Gasteiger partial charge < -0.3 is 15.0 Å². The van der Waals surface area contributed by atoms with Gasteiger partial charge in [0.15, 0.2) is 0 Å². The van der Waals surface area contributed by atoms with Crippen molar-refractivity contribution in [2.24, 2.45) is 5.10 Å². The number of aromatic nitrogens is 2. The standard InChI is InChI=1S/C29H25BrN6O4/c30-22-12-10-20(11-13-22)26-21(19-36(34-26)23-6-2-1-3-7-23)18-31-33-28(38)27(37)32-25-9-5-4-8-24(25)29(39)35-14-16-40-17-15-35/h1-13,18-19H,14-17H2,(H,32,37)(H,33,38). The topological polar surface area (TPSA) is 118 Å². The number of hydrogen-bond donors (Lipinski definition) is 2. The summed E-state index contributed by atoms with van der Waals surface area (Å²) in [6.45, 7) is 1.82. The molecule has 40 heavy (non-hydrogen) atoms. The van der Waals surface area contributed by atoms with Crippen LogP contribution in [0.5, 0.6) is 0 Å². The molecule has 10 nitrogen and oxygen atoms in total. The molecule has 0 saturated carbocycles. The number of nitrogens with zero attached hydrogens (tertiary/aromatic N) is 4. The van der Waals surface area contributed by atoms with Gasteiger partial charge in [-0.3, -0.25) is 14.4 Å². The van der Waals surface area contributed by atoms with Gasteiger partial charge in [0.2, 0.25) is 0 Å². The van der Waals surface area contributed by atoms with E-state index >= 15 is 0 Å². The van der Waals surface area contributed by atoms with Crippen molar-refractivity contribution < 1.29 is 19.1 Å². The van der Waals surface area contributed by atoms with Crippen molar-refractivity contribution in [2.45, 2.75) is 0 Å². The second-order valence-electron chi connectivity index (χ2n) is 8.82. The Bertz CT molecular complexity index is 1550. The minimum Gasteiger partial charge on any atom is -0.378 e. The summed E-state index contributed by atoms with van der Waals surface area (Å²) in [6, 6.07) is 23.8. The molecule has 2 heterocycles. The fourth-order valence-electron chi connectivity index (χ4n) is 4.13. The molecule has 1 saturated heterocycles. The predicted octanol–water partition coefficient (Wildman–Crippen LogP) is 3.86. The number of halogens is 1. The van der Waals surface area contributed by atoms with Crippen molar-refractivity contribution in [1.29, 1.82) is 0 Å². The number of benzene rings is 3. The van der Waals surface area contributed by atoms with Crippen molar-refractivity contribution >= 4 is 45.6 Å². The number of rotatable bonds is 6. The molecule has 3 aromatic carbocycles. The molecule has 1 fully saturated rings. The molecular weight excluding hydrogens is 576 g/mol. The molecule has 0 atom stereocenters. The number of hydrogen-bond acceptors (Lipinski definition) is 6. The highest BCUT2D eigenvalue weighted by Gasteiger charge is 2.23. The molecule has 0 unspecified atom stereocenters. The monoisotopic (exact) mass is 600 g/mol.